The lowest BCUT2D eigenvalue weighted by Gasteiger charge is -2.08. The lowest BCUT2D eigenvalue weighted by atomic mass is 10.1. The van der Waals surface area contributed by atoms with Gasteiger partial charge in [0.2, 0.25) is 0 Å². The van der Waals surface area contributed by atoms with Crippen LogP contribution in [0.25, 0.3) is 10.8 Å². The zero-order valence-electron chi connectivity index (χ0n) is 14.9. The number of nitrogens with one attached hydrogen (secondary N) is 1. The normalized spacial score (nSPS) is 15.2. The summed E-state index contributed by atoms with van der Waals surface area (Å²) in [5.74, 6) is 2.65. The minimum Gasteiger partial charge on any atom is -0.489 e. The van der Waals surface area contributed by atoms with Crippen molar-refractivity contribution < 1.29 is 9.53 Å². The van der Waals surface area contributed by atoms with E-state index in [0.29, 0.717) is 12.2 Å². The molecule has 0 radical (unpaired) electrons. The van der Waals surface area contributed by atoms with Crippen molar-refractivity contribution in [2.24, 2.45) is 5.10 Å². The minimum atomic E-state index is -0.179. The summed E-state index contributed by atoms with van der Waals surface area (Å²) in [6.07, 6.45) is 0.954. The smallest absolute Gasteiger partial charge is 0.271 e. The van der Waals surface area contributed by atoms with E-state index < -0.39 is 0 Å². The first-order valence-electron chi connectivity index (χ1n) is 8.92. The fraction of sp³-hybridized carbons (Fsp3) is 0.182. The number of nitrogens with zero attached hydrogens (tertiary/aromatic N) is 1. The third kappa shape index (κ3) is 4.49. The van der Waals surface area contributed by atoms with Crippen molar-refractivity contribution in [3.05, 3.63) is 77.9 Å². The number of amides is 1. The SMILES string of the molecule is O=C(N/N=C1\CCSC1)c1ccc(COc2ccc3ccccc3c2)cc1. The van der Waals surface area contributed by atoms with Gasteiger partial charge in [0.1, 0.15) is 12.4 Å². The zero-order valence-corrected chi connectivity index (χ0v) is 15.7. The van der Waals surface area contributed by atoms with Gasteiger partial charge in [-0.15, -0.1) is 0 Å². The summed E-state index contributed by atoms with van der Waals surface area (Å²) in [4.78, 5) is 12.2. The molecule has 1 amide bonds. The maximum atomic E-state index is 12.2. The number of hydrazone groups is 1. The highest BCUT2D eigenvalue weighted by atomic mass is 32.2. The summed E-state index contributed by atoms with van der Waals surface area (Å²) in [5.41, 5.74) is 5.30. The third-order valence-corrected chi connectivity index (χ3v) is 5.49. The Morgan fingerprint density at radius 2 is 1.85 bits per heavy atom. The molecule has 1 N–H and O–H groups in total. The van der Waals surface area contributed by atoms with Crippen LogP contribution >= 0.6 is 11.8 Å². The van der Waals surface area contributed by atoms with E-state index in [2.05, 4.69) is 28.7 Å². The molecule has 0 aromatic heterocycles. The maximum Gasteiger partial charge on any atom is 0.271 e. The molecule has 0 unspecified atom stereocenters. The number of carbonyl (C=O) groups excluding carboxylic acids is 1. The molecule has 136 valence electrons. The molecular weight excluding hydrogens is 356 g/mol. The highest BCUT2D eigenvalue weighted by molar-refractivity contribution is 8.00. The van der Waals surface area contributed by atoms with Crippen LogP contribution in [0.4, 0.5) is 0 Å². The van der Waals surface area contributed by atoms with Gasteiger partial charge in [0.05, 0.1) is 0 Å². The Balaban J connectivity index is 1.35. The van der Waals surface area contributed by atoms with Crippen molar-refractivity contribution in [2.45, 2.75) is 13.0 Å². The molecule has 1 heterocycles. The van der Waals surface area contributed by atoms with Crippen molar-refractivity contribution in [1.29, 1.82) is 0 Å². The fourth-order valence-electron chi connectivity index (χ4n) is 2.91. The molecule has 1 fully saturated rings. The Bertz CT molecular complexity index is 975. The molecule has 0 aliphatic carbocycles. The van der Waals surface area contributed by atoms with E-state index in [-0.39, 0.29) is 5.91 Å². The second kappa shape index (κ2) is 8.27. The van der Waals surface area contributed by atoms with E-state index in [1.807, 2.05) is 48.2 Å². The molecular formula is C22H20N2O2S. The van der Waals surface area contributed by atoms with E-state index >= 15 is 0 Å². The monoisotopic (exact) mass is 376 g/mol. The molecule has 0 atom stereocenters. The number of ether oxygens (including phenoxy) is 1. The maximum absolute atomic E-state index is 12.2. The Labute approximate surface area is 162 Å². The van der Waals surface area contributed by atoms with Crippen LogP contribution in [0.15, 0.2) is 71.8 Å². The summed E-state index contributed by atoms with van der Waals surface area (Å²) in [6.45, 7) is 0.458. The average molecular weight is 376 g/mol. The number of hydrogen-bond donors (Lipinski definition) is 1. The Hall–Kier alpha value is -2.79. The largest absolute Gasteiger partial charge is 0.489 e. The molecule has 1 saturated heterocycles. The van der Waals surface area contributed by atoms with Crippen molar-refractivity contribution in [1.82, 2.24) is 5.43 Å². The van der Waals surface area contributed by atoms with E-state index in [1.54, 1.807) is 12.1 Å². The van der Waals surface area contributed by atoms with Gasteiger partial charge in [-0.2, -0.15) is 16.9 Å². The Morgan fingerprint density at radius 1 is 1.04 bits per heavy atom. The van der Waals surface area contributed by atoms with E-state index in [1.165, 1.54) is 5.39 Å². The third-order valence-electron chi connectivity index (χ3n) is 4.46. The average Bonchev–Trinajstić information content (AvgIpc) is 3.24. The fourth-order valence-corrected chi connectivity index (χ4v) is 3.88. The quantitative estimate of drug-likeness (QED) is 0.660. The van der Waals surface area contributed by atoms with Gasteiger partial charge in [0.25, 0.3) is 5.91 Å². The first-order valence-corrected chi connectivity index (χ1v) is 10.1. The van der Waals surface area contributed by atoms with Crippen molar-refractivity contribution >= 4 is 34.2 Å². The number of rotatable bonds is 5. The topological polar surface area (TPSA) is 50.7 Å². The van der Waals surface area contributed by atoms with Gasteiger partial charge in [-0.3, -0.25) is 4.79 Å². The standard InChI is InChI=1S/C22H20N2O2S/c25-22(24-23-20-11-12-27-15-20)18-7-5-16(6-8-18)14-26-21-10-9-17-3-1-2-4-19(17)13-21/h1-10,13H,11-12,14-15H2,(H,24,25)/b23-20+. The van der Waals surface area contributed by atoms with Crippen molar-refractivity contribution in [3.8, 4) is 5.75 Å². The minimum absolute atomic E-state index is 0.179. The Morgan fingerprint density at radius 3 is 2.63 bits per heavy atom. The van der Waals surface area contributed by atoms with Crippen LogP contribution in [-0.4, -0.2) is 23.1 Å². The first-order chi connectivity index (χ1) is 13.3. The molecule has 1 aliphatic rings. The number of benzene rings is 3. The number of thioether (sulfide) groups is 1. The second-order valence-electron chi connectivity index (χ2n) is 6.42. The summed E-state index contributed by atoms with van der Waals surface area (Å²) in [7, 11) is 0. The molecule has 3 aromatic rings. The summed E-state index contributed by atoms with van der Waals surface area (Å²) in [5, 5.41) is 6.55. The van der Waals surface area contributed by atoms with Crippen LogP contribution in [0, 0.1) is 0 Å². The predicted octanol–water partition coefficient (Wildman–Crippen LogP) is 4.64. The molecule has 4 rings (SSSR count). The van der Waals surface area contributed by atoms with Gasteiger partial charge in [-0.25, -0.2) is 5.43 Å². The molecule has 0 spiro atoms. The highest BCUT2D eigenvalue weighted by Crippen LogP contribution is 2.21. The molecule has 4 nitrogen and oxygen atoms in total. The van der Waals surface area contributed by atoms with Gasteiger partial charge in [0, 0.05) is 17.0 Å². The van der Waals surface area contributed by atoms with Crippen LogP contribution in [0.2, 0.25) is 0 Å². The zero-order chi connectivity index (χ0) is 18.5. The van der Waals surface area contributed by atoms with Crippen molar-refractivity contribution in [2.75, 3.05) is 11.5 Å². The lowest BCUT2D eigenvalue weighted by molar-refractivity contribution is 0.0954. The van der Waals surface area contributed by atoms with E-state index in [9.17, 15) is 4.79 Å². The van der Waals surface area contributed by atoms with Gasteiger partial charge in [-0.05, 0) is 52.8 Å². The summed E-state index contributed by atoms with van der Waals surface area (Å²) >= 11 is 1.84. The van der Waals surface area contributed by atoms with Crippen LogP contribution in [0.5, 0.6) is 5.75 Å². The van der Waals surface area contributed by atoms with Gasteiger partial charge < -0.3 is 4.74 Å². The number of fused-ring (bicyclic) bond motifs is 1. The van der Waals surface area contributed by atoms with Crippen LogP contribution in [-0.2, 0) is 6.61 Å². The molecule has 3 aromatic carbocycles. The van der Waals surface area contributed by atoms with Gasteiger partial charge in [0.15, 0.2) is 0 Å². The second-order valence-corrected chi connectivity index (χ2v) is 7.52. The van der Waals surface area contributed by atoms with Crippen LogP contribution in [0.3, 0.4) is 0 Å². The molecule has 5 heteroatoms. The lowest BCUT2D eigenvalue weighted by Crippen LogP contribution is -2.19. The summed E-state index contributed by atoms with van der Waals surface area (Å²) < 4.78 is 5.89. The molecule has 27 heavy (non-hydrogen) atoms. The number of hydrogen-bond acceptors (Lipinski definition) is 4. The van der Waals surface area contributed by atoms with E-state index in [4.69, 9.17) is 4.74 Å². The Kier molecular flexibility index (Phi) is 5.39. The summed E-state index contributed by atoms with van der Waals surface area (Å²) in [6, 6.07) is 21.7. The number of carbonyl (C=O) groups is 1. The highest BCUT2D eigenvalue weighted by Gasteiger charge is 2.10. The van der Waals surface area contributed by atoms with Gasteiger partial charge in [-0.1, -0.05) is 42.5 Å². The molecule has 0 bridgehead atoms. The van der Waals surface area contributed by atoms with E-state index in [0.717, 1.165) is 40.3 Å². The molecule has 0 saturated carbocycles. The molecule has 1 aliphatic heterocycles. The predicted molar refractivity (Wildman–Crippen MR) is 112 cm³/mol. The van der Waals surface area contributed by atoms with Crippen LogP contribution < -0.4 is 10.2 Å². The van der Waals surface area contributed by atoms with Crippen LogP contribution in [0.1, 0.15) is 22.3 Å². The van der Waals surface area contributed by atoms with Gasteiger partial charge >= 0.3 is 0 Å². The van der Waals surface area contributed by atoms with Crippen molar-refractivity contribution in [3.63, 3.8) is 0 Å². The first kappa shape index (κ1) is 17.6.